The van der Waals surface area contributed by atoms with Crippen LogP contribution in [0.25, 0.3) is 10.8 Å². The van der Waals surface area contributed by atoms with Crippen LogP contribution in [0.15, 0.2) is 42.5 Å². The Balaban J connectivity index is 1.83. The highest BCUT2D eigenvalue weighted by molar-refractivity contribution is 5.89. The van der Waals surface area contributed by atoms with Gasteiger partial charge in [0, 0.05) is 18.5 Å². The molecular formula is C18H21NO2. The minimum absolute atomic E-state index is 0.128. The van der Waals surface area contributed by atoms with E-state index >= 15 is 0 Å². The quantitative estimate of drug-likeness (QED) is 0.857. The van der Waals surface area contributed by atoms with E-state index in [1.54, 1.807) is 0 Å². The molecule has 1 heterocycles. The summed E-state index contributed by atoms with van der Waals surface area (Å²) in [6, 6.07) is 14.1. The fourth-order valence-electron chi connectivity index (χ4n) is 2.90. The van der Waals surface area contributed by atoms with Crippen molar-refractivity contribution in [3.63, 3.8) is 0 Å². The standard InChI is InChI=1S/C18H21NO2/c1-2-16(18(20)19-12-5-6-13-19)21-17-11-7-9-14-8-3-4-10-15(14)17/h3-4,7-11,16H,2,5-6,12-13H2,1H3/t16-/m1/s1. The Bertz CT molecular complexity index is 627. The van der Waals surface area contributed by atoms with Gasteiger partial charge in [-0.15, -0.1) is 0 Å². The Morgan fingerprint density at radius 3 is 2.62 bits per heavy atom. The molecule has 110 valence electrons. The molecule has 0 spiro atoms. The molecule has 1 saturated heterocycles. The molecule has 0 radical (unpaired) electrons. The van der Waals surface area contributed by atoms with Crippen LogP contribution >= 0.6 is 0 Å². The summed E-state index contributed by atoms with van der Waals surface area (Å²) in [4.78, 5) is 14.4. The third-order valence-corrected chi connectivity index (χ3v) is 4.08. The molecule has 1 fully saturated rings. The lowest BCUT2D eigenvalue weighted by molar-refractivity contribution is -0.137. The molecule has 0 unspecified atom stereocenters. The predicted molar refractivity (Wildman–Crippen MR) is 84.5 cm³/mol. The molecule has 1 atom stereocenters. The molecule has 0 N–H and O–H groups in total. The van der Waals surface area contributed by atoms with Crippen molar-refractivity contribution in [2.24, 2.45) is 0 Å². The summed E-state index contributed by atoms with van der Waals surface area (Å²) in [5.74, 6) is 0.926. The number of fused-ring (bicyclic) bond motifs is 1. The van der Waals surface area contributed by atoms with E-state index < -0.39 is 0 Å². The number of nitrogens with zero attached hydrogens (tertiary/aromatic N) is 1. The van der Waals surface area contributed by atoms with Crippen molar-refractivity contribution < 1.29 is 9.53 Å². The van der Waals surface area contributed by atoms with Crippen molar-refractivity contribution in [2.45, 2.75) is 32.3 Å². The minimum Gasteiger partial charge on any atom is -0.480 e. The summed E-state index contributed by atoms with van der Waals surface area (Å²) in [6.45, 7) is 3.74. The molecule has 3 heteroatoms. The van der Waals surface area contributed by atoms with Crippen molar-refractivity contribution in [2.75, 3.05) is 13.1 Å². The first-order valence-corrected chi connectivity index (χ1v) is 7.73. The highest BCUT2D eigenvalue weighted by Gasteiger charge is 2.26. The first kappa shape index (κ1) is 13.9. The van der Waals surface area contributed by atoms with Crippen molar-refractivity contribution in [1.82, 2.24) is 4.90 Å². The fourth-order valence-corrected chi connectivity index (χ4v) is 2.90. The number of hydrogen-bond donors (Lipinski definition) is 0. The van der Waals surface area contributed by atoms with E-state index in [9.17, 15) is 4.79 Å². The smallest absolute Gasteiger partial charge is 0.263 e. The normalized spacial score (nSPS) is 16.1. The van der Waals surface area contributed by atoms with Gasteiger partial charge in [0.05, 0.1) is 0 Å². The van der Waals surface area contributed by atoms with Crippen molar-refractivity contribution in [1.29, 1.82) is 0 Å². The van der Waals surface area contributed by atoms with E-state index in [4.69, 9.17) is 4.74 Å². The molecule has 2 aromatic carbocycles. The number of carbonyl (C=O) groups is 1. The fraction of sp³-hybridized carbons (Fsp3) is 0.389. The molecule has 0 aliphatic carbocycles. The maximum Gasteiger partial charge on any atom is 0.263 e. The van der Waals surface area contributed by atoms with Crippen LogP contribution in [0.3, 0.4) is 0 Å². The lowest BCUT2D eigenvalue weighted by Crippen LogP contribution is -2.40. The Labute approximate surface area is 125 Å². The zero-order valence-electron chi connectivity index (χ0n) is 12.4. The van der Waals surface area contributed by atoms with Gasteiger partial charge in [0.15, 0.2) is 6.10 Å². The van der Waals surface area contributed by atoms with Gasteiger partial charge in [-0.2, -0.15) is 0 Å². The van der Waals surface area contributed by atoms with Crippen LogP contribution in [-0.2, 0) is 4.79 Å². The molecule has 2 aromatic rings. The Morgan fingerprint density at radius 2 is 1.86 bits per heavy atom. The number of carbonyl (C=O) groups excluding carboxylic acids is 1. The topological polar surface area (TPSA) is 29.5 Å². The number of amides is 1. The van der Waals surface area contributed by atoms with E-state index in [0.717, 1.165) is 42.5 Å². The average molecular weight is 283 g/mol. The molecule has 0 saturated carbocycles. The summed E-state index contributed by atoms with van der Waals surface area (Å²) < 4.78 is 6.06. The van der Waals surface area contributed by atoms with Crippen LogP contribution in [0.2, 0.25) is 0 Å². The summed E-state index contributed by atoms with van der Waals surface area (Å²) in [7, 11) is 0. The molecule has 1 aliphatic heterocycles. The third kappa shape index (κ3) is 2.87. The van der Waals surface area contributed by atoms with Crippen molar-refractivity contribution in [3.05, 3.63) is 42.5 Å². The minimum atomic E-state index is -0.381. The van der Waals surface area contributed by atoms with Crippen LogP contribution in [0, 0.1) is 0 Å². The third-order valence-electron chi connectivity index (χ3n) is 4.08. The van der Waals surface area contributed by atoms with Crippen LogP contribution in [-0.4, -0.2) is 30.0 Å². The van der Waals surface area contributed by atoms with Gasteiger partial charge in [-0.05, 0) is 30.7 Å². The monoisotopic (exact) mass is 283 g/mol. The second-order valence-corrected chi connectivity index (χ2v) is 5.52. The van der Waals surface area contributed by atoms with Gasteiger partial charge in [-0.3, -0.25) is 4.79 Å². The average Bonchev–Trinajstić information content (AvgIpc) is 3.06. The molecule has 1 aliphatic rings. The molecule has 3 nitrogen and oxygen atoms in total. The Morgan fingerprint density at radius 1 is 1.14 bits per heavy atom. The molecule has 21 heavy (non-hydrogen) atoms. The van der Waals surface area contributed by atoms with Crippen molar-refractivity contribution in [3.8, 4) is 5.75 Å². The second kappa shape index (κ2) is 6.17. The predicted octanol–water partition coefficient (Wildman–Crippen LogP) is 3.62. The summed E-state index contributed by atoms with van der Waals surface area (Å²) in [5, 5.41) is 2.20. The number of likely N-dealkylation sites (tertiary alicyclic amines) is 1. The van der Waals surface area contributed by atoms with E-state index in [2.05, 4.69) is 12.1 Å². The zero-order valence-corrected chi connectivity index (χ0v) is 12.4. The maximum atomic E-state index is 12.5. The first-order valence-electron chi connectivity index (χ1n) is 7.73. The molecule has 0 bridgehead atoms. The number of benzene rings is 2. The van der Waals surface area contributed by atoms with Crippen LogP contribution in [0.4, 0.5) is 0 Å². The van der Waals surface area contributed by atoms with E-state index in [1.165, 1.54) is 0 Å². The molecular weight excluding hydrogens is 262 g/mol. The van der Waals surface area contributed by atoms with Crippen LogP contribution < -0.4 is 4.74 Å². The number of ether oxygens (including phenoxy) is 1. The molecule has 3 rings (SSSR count). The Kier molecular flexibility index (Phi) is 4.09. The molecule has 1 amide bonds. The second-order valence-electron chi connectivity index (χ2n) is 5.52. The summed E-state index contributed by atoms with van der Waals surface area (Å²) in [6.07, 6.45) is 2.53. The summed E-state index contributed by atoms with van der Waals surface area (Å²) in [5.41, 5.74) is 0. The lowest BCUT2D eigenvalue weighted by atomic mass is 10.1. The van der Waals surface area contributed by atoms with Gasteiger partial charge < -0.3 is 9.64 Å². The zero-order chi connectivity index (χ0) is 14.7. The highest BCUT2D eigenvalue weighted by Crippen LogP contribution is 2.27. The number of rotatable bonds is 4. The Hall–Kier alpha value is -2.03. The van der Waals surface area contributed by atoms with Gasteiger partial charge >= 0.3 is 0 Å². The van der Waals surface area contributed by atoms with Crippen LogP contribution in [0.1, 0.15) is 26.2 Å². The van der Waals surface area contributed by atoms with Gasteiger partial charge in [0.1, 0.15) is 5.75 Å². The van der Waals surface area contributed by atoms with Crippen LogP contribution in [0.5, 0.6) is 5.75 Å². The largest absolute Gasteiger partial charge is 0.480 e. The van der Waals surface area contributed by atoms with E-state index in [-0.39, 0.29) is 12.0 Å². The first-order chi connectivity index (χ1) is 10.3. The SMILES string of the molecule is CC[C@@H](Oc1cccc2ccccc12)C(=O)N1CCCC1. The van der Waals surface area contributed by atoms with Gasteiger partial charge in [0.25, 0.3) is 5.91 Å². The van der Waals surface area contributed by atoms with Gasteiger partial charge in [-0.1, -0.05) is 43.3 Å². The highest BCUT2D eigenvalue weighted by atomic mass is 16.5. The lowest BCUT2D eigenvalue weighted by Gasteiger charge is -2.23. The summed E-state index contributed by atoms with van der Waals surface area (Å²) >= 11 is 0. The van der Waals surface area contributed by atoms with Gasteiger partial charge in [0.2, 0.25) is 0 Å². The van der Waals surface area contributed by atoms with Gasteiger partial charge in [-0.25, -0.2) is 0 Å². The van der Waals surface area contributed by atoms with E-state index in [0.29, 0.717) is 6.42 Å². The molecule has 0 aromatic heterocycles. The van der Waals surface area contributed by atoms with Crippen molar-refractivity contribution >= 4 is 16.7 Å². The number of hydrogen-bond acceptors (Lipinski definition) is 2. The van der Waals surface area contributed by atoms with E-state index in [1.807, 2.05) is 42.2 Å². The maximum absolute atomic E-state index is 12.5.